The van der Waals surface area contributed by atoms with Crippen LogP contribution in [0.1, 0.15) is 17.3 Å². The molecule has 0 atom stereocenters. The van der Waals surface area contributed by atoms with Crippen molar-refractivity contribution in [3.05, 3.63) is 66.6 Å². The minimum Gasteiger partial charge on any atom is -0.340 e. The number of Topliss-reactive ketones (excluding diaryl/α,β-unsaturated/α-hetero) is 1. The minimum atomic E-state index is 0. The molecular formula is C17H15ClN4O. The van der Waals surface area contributed by atoms with Crippen molar-refractivity contribution < 1.29 is 4.79 Å². The number of ketones is 1. The van der Waals surface area contributed by atoms with Gasteiger partial charge in [-0.15, -0.1) is 12.4 Å². The molecule has 0 fully saturated rings. The Bertz CT molecular complexity index is 791. The van der Waals surface area contributed by atoms with Gasteiger partial charge in [0.15, 0.2) is 11.6 Å². The maximum absolute atomic E-state index is 11.3. The number of pyridine rings is 1. The van der Waals surface area contributed by atoms with Crippen molar-refractivity contribution >= 4 is 29.7 Å². The molecule has 0 amide bonds. The zero-order valence-electron chi connectivity index (χ0n) is 12.4. The van der Waals surface area contributed by atoms with Gasteiger partial charge >= 0.3 is 0 Å². The number of carbonyl (C=O) groups is 1. The first-order chi connectivity index (χ1) is 10.7. The number of benzene rings is 1. The lowest BCUT2D eigenvalue weighted by atomic mass is 10.1. The largest absolute Gasteiger partial charge is 0.340 e. The standard InChI is InChI=1S/C17H14N4O.ClH/c1-12(22)13-2-4-15(5-3-13)20-16-8-11-19-17(21-16)14-6-9-18-10-7-14;/h2-11H,1H3,(H,19,20,21);1H. The predicted molar refractivity (Wildman–Crippen MR) is 92.2 cm³/mol. The van der Waals surface area contributed by atoms with Crippen LogP contribution in [0.2, 0.25) is 0 Å². The van der Waals surface area contributed by atoms with E-state index < -0.39 is 0 Å². The van der Waals surface area contributed by atoms with Crippen LogP contribution in [0.25, 0.3) is 11.4 Å². The van der Waals surface area contributed by atoms with Gasteiger partial charge in [-0.25, -0.2) is 9.97 Å². The molecule has 0 aliphatic carbocycles. The maximum atomic E-state index is 11.3. The number of hydrogen-bond acceptors (Lipinski definition) is 5. The Morgan fingerprint density at radius 1 is 0.957 bits per heavy atom. The van der Waals surface area contributed by atoms with Gasteiger partial charge in [-0.3, -0.25) is 9.78 Å². The third-order valence-corrected chi connectivity index (χ3v) is 3.16. The minimum absolute atomic E-state index is 0. The van der Waals surface area contributed by atoms with Crippen LogP contribution in [0.4, 0.5) is 11.5 Å². The summed E-state index contributed by atoms with van der Waals surface area (Å²) >= 11 is 0. The van der Waals surface area contributed by atoms with Gasteiger partial charge in [0, 0.05) is 35.4 Å². The second kappa shape index (κ2) is 7.47. The van der Waals surface area contributed by atoms with Crippen molar-refractivity contribution in [2.45, 2.75) is 6.92 Å². The van der Waals surface area contributed by atoms with E-state index in [0.29, 0.717) is 17.2 Å². The molecule has 1 N–H and O–H groups in total. The van der Waals surface area contributed by atoms with Crippen LogP contribution in [0.3, 0.4) is 0 Å². The van der Waals surface area contributed by atoms with E-state index in [-0.39, 0.29) is 18.2 Å². The van der Waals surface area contributed by atoms with Crippen molar-refractivity contribution in [2.24, 2.45) is 0 Å². The van der Waals surface area contributed by atoms with Crippen LogP contribution < -0.4 is 5.32 Å². The molecule has 0 saturated heterocycles. The van der Waals surface area contributed by atoms with Crippen molar-refractivity contribution in [2.75, 3.05) is 5.32 Å². The first-order valence-corrected chi connectivity index (χ1v) is 6.84. The molecule has 0 unspecified atom stereocenters. The average molecular weight is 327 g/mol. The van der Waals surface area contributed by atoms with E-state index in [2.05, 4.69) is 20.3 Å². The Morgan fingerprint density at radius 3 is 2.30 bits per heavy atom. The predicted octanol–water partition coefficient (Wildman–Crippen LogP) is 3.91. The smallest absolute Gasteiger partial charge is 0.161 e. The van der Waals surface area contributed by atoms with Crippen LogP contribution in [0.15, 0.2) is 61.1 Å². The molecule has 116 valence electrons. The molecule has 5 nitrogen and oxygen atoms in total. The van der Waals surface area contributed by atoms with E-state index in [1.165, 1.54) is 0 Å². The average Bonchev–Trinajstić information content (AvgIpc) is 2.56. The van der Waals surface area contributed by atoms with Gasteiger partial charge in [-0.2, -0.15) is 0 Å². The second-order valence-electron chi connectivity index (χ2n) is 4.76. The summed E-state index contributed by atoms with van der Waals surface area (Å²) in [5.41, 5.74) is 2.46. The summed E-state index contributed by atoms with van der Waals surface area (Å²) in [5.74, 6) is 1.37. The van der Waals surface area contributed by atoms with Crippen LogP contribution in [-0.4, -0.2) is 20.7 Å². The topological polar surface area (TPSA) is 67.8 Å². The van der Waals surface area contributed by atoms with E-state index in [0.717, 1.165) is 11.3 Å². The number of nitrogens with zero attached hydrogens (tertiary/aromatic N) is 3. The highest BCUT2D eigenvalue weighted by Gasteiger charge is 2.03. The number of halogens is 1. The fourth-order valence-electron chi connectivity index (χ4n) is 2.00. The molecule has 23 heavy (non-hydrogen) atoms. The molecule has 3 rings (SSSR count). The molecular weight excluding hydrogens is 312 g/mol. The Labute approximate surface area is 140 Å². The molecule has 2 aromatic heterocycles. The molecule has 0 radical (unpaired) electrons. The van der Waals surface area contributed by atoms with Gasteiger partial charge < -0.3 is 5.32 Å². The van der Waals surface area contributed by atoms with E-state index in [4.69, 9.17) is 0 Å². The van der Waals surface area contributed by atoms with E-state index in [9.17, 15) is 4.79 Å². The van der Waals surface area contributed by atoms with E-state index in [1.807, 2.05) is 24.3 Å². The van der Waals surface area contributed by atoms with Crippen LogP contribution in [0, 0.1) is 0 Å². The van der Waals surface area contributed by atoms with Gasteiger partial charge in [0.1, 0.15) is 5.82 Å². The van der Waals surface area contributed by atoms with Gasteiger partial charge in [0.2, 0.25) is 0 Å². The number of hydrogen-bond donors (Lipinski definition) is 1. The number of anilines is 2. The van der Waals surface area contributed by atoms with Crippen molar-refractivity contribution in [1.29, 1.82) is 0 Å². The first-order valence-electron chi connectivity index (χ1n) is 6.84. The Hall–Kier alpha value is -2.79. The first kappa shape index (κ1) is 16.6. The van der Waals surface area contributed by atoms with Gasteiger partial charge in [-0.1, -0.05) is 0 Å². The molecule has 1 aromatic carbocycles. The van der Waals surface area contributed by atoms with Gasteiger partial charge in [-0.05, 0) is 49.4 Å². The number of aromatic nitrogens is 3. The van der Waals surface area contributed by atoms with Crippen molar-refractivity contribution in [3.63, 3.8) is 0 Å². The molecule has 0 aliphatic rings. The quantitative estimate of drug-likeness (QED) is 0.736. The van der Waals surface area contributed by atoms with Gasteiger partial charge in [0.05, 0.1) is 0 Å². The zero-order valence-corrected chi connectivity index (χ0v) is 13.2. The number of nitrogens with one attached hydrogen (secondary N) is 1. The van der Waals surface area contributed by atoms with Crippen molar-refractivity contribution in [3.8, 4) is 11.4 Å². The maximum Gasteiger partial charge on any atom is 0.161 e. The van der Waals surface area contributed by atoms with Crippen molar-refractivity contribution in [1.82, 2.24) is 15.0 Å². The normalized spacial score (nSPS) is 9.78. The highest BCUT2D eigenvalue weighted by atomic mass is 35.5. The lowest BCUT2D eigenvalue weighted by Crippen LogP contribution is -1.98. The Morgan fingerprint density at radius 2 is 1.65 bits per heavy atom. The van der Waals surface area contributed by atoms with Crippen LogP contribution in [0.5, 0.6) is 0 Å². The molecule has 0 aliphatic heterocycles. The van der Waals surface area contributed by atoms with E-state index >= 15 is 0 Å². The van der Waals surface area contributed by atoms with Crippen LogP contribution in [-0.2, 0) is 0 Å². The third-order valence-electron chi connectivity index (χ3n) is 3.16. The molecule has 2 heterocycles. The van der Waals surface area contributed by atoms with E-state index in [1.54, 1.807) is 43.7 Å². The summed E-state index contributed by atoms with van der Waals surface area (Å²) in [6.07, 6.45) is 5.12. The summed E-state index contributed by atoms with van der Waals surface area (Å²) in [4.78, 5) is 24.0. The fourth-order valence-corrected chi connectivity index (χ4v) is 2.00. The molecule has 6 heteroatoms. The fraction of sp³-hybridized carbons (Fsp3) is 0.0588. The number of carbonyl (C=O) groups excluding carboxylic acids is 1. The summed E-state index contributed by atoms with van der Waals surface area (Å²) in [6.45, 7) is 1.55. The Kier molecular flexibility index (Phi) is 5.38. The SMILES string of the molecule is CC(=O)c1ccc(Nc2ccnc(-c3ccncc3)n2)cc1.Cl. The molecule has 0 bridgehead atoms. The molecule has 0 spiro atoms. The summed E-state index contributed by atoms with van der Waals surface area (Å²) in [5, 5.41) is 3.20. The number of rotatable bonds is 4. The molecule has 3 aromatic rings. The third kappa shape index (κ3) is 4.11. The summed E-state index contributed by atoms with van der Waals surface area (Å²) < 4.78 is 0. The molecule has 0 saturated carbocycles. The summed E-state index contributed by atoms with van der Waals surface area (Å²) in [7, 11) is 0. The Balaban J connectivity index is 0.00000192. The lowest BCUT2D eigenvalue weighted by Gasteiger charge is -2.07. The second-order valence-corrected chi connectivity index (χ2v) is 4.76. The summed E-state index contributed by atoms with van der Waals surface area (Å²) in [6, 6.07) is 12.8. The highest BCUT2D eigenvalue weighted by molar-refractivity contribution is 5.94. The zero-order chi connectivity index (χ0) is 15.4. The monoisotopic (exact) mass is 326 g/mol. The lowest BCUT2D eigenvalue weighted by molar-refractivity contribution is 0.101. The van der Waals surface area contributed by atoms with Crippen LogP contribution >= 0.6 is 12.4 Å². The highest BCUT2D eigenvalue weighted by Crippen LogP contribution is 2.19. The van der Waals surface area contributed by atoms with Gasteiger partial charge in [0.25, 0.3) is 0 Å².